The summed E-state index contributed by atoms with van der Waals surface area (Å²) in [5, 5.41) is 9.06. The Hall–Kier alpha value is -3.78. The van der Waals surface area contributed by atoms with Crippen molar-refractivity contribution in [2.24, 2.45) is 5.92 Å². The lowest BCUT2D eigenvalue weighted by atomic mass is 9.95. The van der Waals surface area contributed by atoms with Crippen molar-refractivity contribution in [1.82, 2.24) is 14.6 Å². The number of carbonyl (C=O) groups excluding carboxylic acids is 3. The lowest BCUT2D eigenvalue weighted by Crippen LogP contribution is -2.43. The molecule has 4 rings (SSSR count). The topological polar surface area (TPSA) is 141 Å². The van der Waals surface area contributed by atoms with Crippen molar-refractivity contribution in [2.45, 2.75) is 70.6 Å². The summed E-state index contributed by atoms with van der Waals surface area (Å²) >= 11 is 0. The largest absolute Gasteiger partial charge is 0.355 e. The van der Waals surface area contributed by atoms with Crippen molar-refractivity contribution in [1.29, 1.82) is 5.26 Å². The third-order valence-corrected chi connectivity index (χ3v) is 9.60. The van der Waals surface area contributed by atoms with E-state index < -0.39 is 27.1 Å². The highest BCUT2D eigenvalue weighted by Crippen LogP contribution is 2.29. The molecule has 2 aromatic rings. The van der Waals surface area contributed by atoms with E-state index in [-0.39, 0.29) is 23.8 Å². The number of carbonyl (C=O) groups is 3. The van der Waals surface area contributed by atoms with E-state index in [0.717, 1.165) is 19.3 Å². The quantitative estimate of drug-likeness (QED) is 0.396. The molecule has 218 valence electrons. The Bertz CT molecular complexity index is 1430. The molecule has 1 aromatic carbocycles. The Labute approximate surface area is 241 Å². The molecule has 0 spiro atoms. The van der Waals surface area contributed by atoms with Crippen LogP contribution in [0.5, 0.6) is 0 Å². The van der Waals surface area contributed by atoms with E-state index in [4.69, 9.17) is 4.98 Å². The van der Waals surface area contributed by atoms with Gasteiger partial charge in [-0.05, 0) is 44.2 Å². The van der Waals surface area contributed by atoms with Gasteiger partial charge >= 0.3 is 0 Å². The number of nitriles is 1. The second kappa shape index (κ2) is 13.3. The summed E-state index contributed by atoms with van der Waals surface area (Å²) < 4.78 is 28.0. The van der Waals surface area contributed by atoms with Gasteiger partial charge in [-0.15, -0.1) is 0 Å². The van der Waals surface area contributed by atoms with E-state index >= 15 is 0 Å². The van der Waals surface area contributed by atoms with Gasteiger partial charge in [-0.3, -0.25) is 19.1 Å². The van der Waals surface area contributed by atoms with Gasteiger partial charge in [-0.1, -0.05) is 43.7 Å². The number of hydrogen-bond donors (Lipinski definition) is 1. The summed E-state index contributed by atoms with van der Waals surface area (Å²) in [6.45, 7) is 5.14. The fourth-order valence-electron chi connectivity index (χ4n) is 5.32. The standard InChI is InChI=1S/C30H37N5O5S/c1-3-4-11-27(36)25-18-24(19-31)29(32-26(25)20-35-15-8-12-28(35)37)34-16-13-23(14-17-34)30(38)33-41(39,40)21(2)22-9-6-5-7-10-22/h5-7,9-10,18,21,23H,3-4,8,11-17,20H2,1-2H3,(H,33,38). The molecule has 0 radical (unpaired) electrons. The summed E-state index contributed by atoms with van der Waals surface area (Å²) in [5.41, 5.74) is 1.73. The summed E-state index contributed by atoms with van der Waals surface area (Å²) in [5.74, 6) is -0.694. The van der Waals surface area contributed by atoms with E-state index in [9.17, 15) is 28.1 Å². The molecule has 2 saturated heterocycles. The van der Waals surface area contributed by atoms with Crippen LogP contribution in [-0.2, 0) is 26.2 Å². The highest BCUT2D eigenvalue weighted by molar-refractivity contribution is 7.90. The van der Waals surface area contributed by atoms with Crippen LogP contribution in [0.4, 0.5) is 5.82 Å². The number of ketones is 1. The second-order valence-electron chi connectivity index (χ2n) is 10.7. The summed E-state index contributed by atoms with van der Waals surface area (Å²) in [6.07, 6.45) is 3.91. The van der Waals surface area contributed by atoms with Crippen LogP contribution in [0.2, 0.25) is 0 Å². The molecule has 0 saturated carbocycles. The minimum absolute atomic E-state index is 0.0213. The normalized spacial score (nSPS) is 16.9. The van der Waals surface area contributed by atoms with Crippen LogP contribution >= 0.6 is 0 Å². The number of Topliss-reactive ketones (excluding diaryl/α,β-unsaturated/α-hetero) is 1. The molecule has 1 atom stereocenters. The zero-order valence-electron chi connectivity index (χ0n) is 23.6. The van der Waals surface area contributed by atoms with Gasteiger partial charge < -0.3 is 9.80 Å². The number of amides is 2. The summed E-state index contributed by atoms with van der Waals surface area (Å²) in [7, 11) is -3.91. The minimum Gasteiger partial charge on any atom is -0.355 e. The van der Waals surface area contributed by atoms with E-state index in [0.29, 0.717) is 68.0 Å². The van der Waals surface area contributed by atoms with E-state index in [2.05, 4.69) is 10.8 Å². The molecule has 0 aliphatic carbocycles. The first-order valence-electron chi connectivity index (χ1n) is 14.2. The molecule has 3 heterocycles. The van der Waals surface area contributed by atoms with Gasteiger partial charge in [-0.2, -0.15) is 5.26 Å². The smallest absolute Gasteiger partial charge is 0.241 e. The van der Waals surface area contributed by atoms with Crippen molar-refractivity contribution in [3.63, 3.8) is 0 Å². The van der Waals surface area contributed by atoms with Crippen LogP contribution in [0.15, 0.2) is 36.4 Å². The first kappa shape index (κ1) is 30.2. The number of anilines is 1. The predicted octanol–water partition coefficient (Wildman–Crippen LogP) is 3.87. The Morgan fingerprint density at radius 3 is 2.49 bits per heavy atom. The van der Waals surface area contributed by atoms with Gasteiger partial charge in [-0.25, -0.2) is 13.4 Å². The number of unbranched alkanes of at least 4 members (excludes halogenated alkanes) is 1. The molecular weight excluding hydrogens is 542 g/mol. The Balaban J connectivity index is 1.49. The molecule has 11 heteroatoms. The monoisotopic (exact) mass is 579 g/mol. The lowest BCUT2D eigenvalue weighted by Gasteiger charge is -2.33. The van der Waals surface area contributed by atoms with Crippen LogP contribution in [0.3, 0.4) is 0 Å². The maximum absolute atomic E-state index is 13.0. The molecule has 41 heavy (non-hydrogen) atoms. The van der Waals surface area contributed by atoms with Gasteiger partial charge in [0.1, 0.15) is 17.1 Å². The molecule has 1 aromatic heterocycles. The third-order valence-electron chi connectivity index (χ3n) is 7.91. The number of nitrogens with one attached hydrogen (secondary N) is 1. The molecule has 0 bridgehead atoms. The van der Waals surface area contributed by atoms with Crippen molar-refractivity contribution >= 4 is 33.4 Å². The number of sulfonamides is 1. The summed E-state index contributed by atoms with van der Waals surface area (Å²) in [4.78, 5) is 46.7. The number of likely N-dealkylation sites (tertiary alicyclic amines) is 1. The maximum atomic E-state index is 13.0. The van der Waals surface area contributed by atoms with Crippen LogP contribution in [0.1, 0.15) is 91.2 Å². The van der Waals surface area contributed by atoms with Crippen molar-refractivity contribution in [3.05, 3.63) is 58.8 Å². The van der Waals surface area contributed by atoms with Crippen molar-refractivity contribution < 1.29 is 22.8 Å². The molecule has 2 amide bonds. The van der Waals surface area contributed by atoms with Gasteiger partial charge in [0.2, 0.25) is 21.8 Å². The van der Waals surface area contributed by atoms with Gasteiger partial charge in [0.05, 0.1) is 17.8 Å². The van der Waals surface area contributed by atoms with Crippen LogP contribution in [0, 0.1) is 17.2 Å². The molecule has 2 fully saturated rings. The molecule has 1 N–H and O–H groups in total. The Morgan fingerprint density at radius 2 is 1.88 bits per heavy atom. The molecule has 2 aliphatic rings. The zero-order valence-corrected chi connectivity index (χ0v) is 24.5. The SMILES string of the molecule is CCCCC(=O)c1cc(C#N)c(N2CCC(C(=O)NS(=O)(=O)C(C)c3ccccc3)CC2)nc1CN1CCCC1=O. The van der Waals surface area contributed by atoms with Gasteiger partial charge in [0.25, 0.3) is 0 Å². The predicted molar refractivity (Wildman–Crippen MR) is 154 cm³/mol. The zero-order chi connectivity index (χ0) is 29.6. The number of hydrogen-bond acceptors (Lipinski definition) is 8. The summed E-state index contributed by atoms with van der Waals surface area (Å²) in [6, 6.07) is 12.5. The van der Waals surface area contributed by atoms with Gasteiger partial charge in [0, 0.05) is 44.0 Å². The highest BCUT2D eigenvalue weighted by atomic mass is 32.2. The number of rotatable bonds is 11. The van der Waals surface area contributed by atoms with Crippen LogP contribution < -0.4 is 9.62 Å². The van der Waals surface area contributed by atoms with Gasteiger partial charge in [0.15, 0.2) is 5.78 Å². The Morgan fingerprint density at radius 1 is 1.17 bits per heavy atom. The lowest BCUT2D eigenvalue weighted by molar-refractivity contribution is -0.128. The molecule has 1 unspecified atom stereocenters. The van der Waals surface area contributed by atoms with E-state index in [1.807, 2.05) is 11.8 Å². The molecular formula is C30H37N5O5S. The second-order valence-corrected chi connectivity index (χ2v) is 12.7. The fraction of sp³-hybridized carbons (Fsp3) is 0.500. The van der Waals surface area contributed by atoms with Crippen LogP contribution in [0.25, 0.3) is 0 Å². The average molecular weight is 580 g/mol. The highest BCUT2D eigenvalue weighted by Gasteiger charge is 2.32. The van der Waals surface area contributed by atoms with Crippen molar-refractivity contribution in [2.75, 3.05) is 24.5 Å². The Kier molecular flexibility index (Phi) is 9.76. The average Bonchev–Trinajstić information content (AvgIpc) is 3.39. The van der Waals surface area contributed by atoms with Crippen LogP contribution in [-0.4, -0.2) is 55.5 Å². The number of pyridine rings is 1. The third kappa shape index (κ3) is 7.11. The van der Waals surface area contributed by atoms with E-state index in [1.54, 1.807) is 48.2 Å². The van der Waals surface area contributed by atoms with E-state index in [1.165, 1.54) is 0 Å². The number of benzene rings is 1. The first-order valence-corrected chi connectivity index (χ1v) is 15.8. The molecule has 2 aliphatic heterocycles. The first-order chi connectivity index (χ1) is 19.6. The fourth-order valence-corrected chi connectivity index (χ4v) is 6.46. The molecule has 10 nitrogen and oxygen atoms in total. The minimum atomic E-state index is -3.91. The maximum Gasteiger partial charge on any atom is 0.241 e. The van der Waals surface area contributed by atoms with Crippen molar-refractivity contribution in [3.8, 4) is 6.07 Å². The number of piperidine rings is 1. The number of aromatic nitrogens is 1. The number of nitrogens with zero attached hydrogens (tertiary/aromatic N) is 4.